The molecule has 0 fully saturated rings. The molecule has 3 aromatic rings. The first-order valence-corrected chi connectivity index (χ1v) is 7.72. The Morgan fingerprint density at radius 3 is 2.56 bits per heavy atom. The number of fused-ring (bicyclic) bond motifs is 1. The maximum atomic E-state index is 12.5. The van der Waals surface area contributed by atoms with Crippen molar-refractivity contribution < 1.29 is 28.6 Å². The molecule has 0 saturated carbocycles. The smallest absolute Gasteiger partial charge is 0.342 e. The summed E-state index contributed by atoms with van der Waals surface area (Å²) < 4.78 is 16.1. The largest absolute Gasteiger partial charge is 0.546 e. The third-order valence-electron chi connectivity index (χ3n) is 3.53. The first kappa shape index (κ1) is 16.6. The molecule has 6 heteroatoms. The molecule has 0 aliphatic carbocycles. The zero-order chi connectivity index (χ0) is 17.8. The Morgan fingerprint density at radius 2 is 1.88 bits per heavy atom. The second-order valence-electron chi connectivity index (χ2n) is 5.21. The summed E-state index contributed by atoms with van der Waals surface area (Å²) >= 11 is 0. The molecule has 0 bridgehead atoms. The lowest BCUT2D eigenvalue weighted by Crippen LogP contribution is -2.28. The van der Waals surface area contributed by atoms with Gasteiger partial charge in [0, 0.05) is 10.9 Å². The number of carboxylic acids is 1. The number of ether oxygens (including phenoxy) is 2. The zero-order valence-corrected chi connectivity index (χ0v) is 13.5. The maximum absolute atomic E-state index is 12.5. The molecule has 128 valence electrons. The maximum Gasteiger partial charge on any atom is 0.342 e. The predicted octanol–water partition coefficient (Wildman–Crippen LogP) is 2.41. The number of carbonyl (C=O) groups is 2. The fourth-order valence-corrected chi connectivity index (χ4v) is 2.51. The van der Waals surface area contributed by atoms with Gasteiger partial charge in [-0.3, -0.25) is 0 Å². The Kier molecular flexibility index (Phi) is 4.70. The summed E-state index contributed by atoms with van der Waals surface area (Å²) in [6.45, 7) is 1.36. The van der Waals surface area contributed by atoms with E-state index in [0.717, 1.165) is 5.56 Å². The van der Waals surface area contributed by atoms with Crippen LogP contribution in [0.4, 0.5) is 0 Å². The molecular formula is C19H15O6-. The van der Waals surface area contributed by atoms with E-state index in [4.69, 9.17) is 13.9 Å². The third-order valence-corrected chi connectivity index (χ3v) is 3.53. The molecular weight excluding hydrogens is 324 g/mol. The van der Waals surface area contributed by atoms with Crippen LogP contribution in [0.15, 0.2) is 52.9 Å². The average Bonchev–Trinajstić information content (AvgIpc) is 2.99. The number of carbonyl (C=O) groups excluding carboxylic acids is 2. The second kappa shape index (κ2) is 7.09. The summed E-state index contributed by atoms with van der Waals surface area (Å²) in [5.41, 5.74) is 1.49. The molecule has 2 aromatic carbocycles. The topological polar surface area (TPSA) is 88.8 Å². The van der Waals surface area contributed by atoms with Crippen molar-refractivity contribution >= 4 is 22.9 Å². The van der Waals surface area contributed by atoms with Crippen LogP contribution in [0.2, 0.25) is 0 Å². The fourth-order valence-electron chi connectivity index (χ4n) is 2.51. The Hall–Kier alpha value is -3.28. The highest BCUT2D eigenvalue weighted by Gasteiger charge is 2.23. The van der Waals surface area contributed by atoms with Crippen LogP contribution >= 0.6 is 0 Å². The van der Waals surface area contributed by atoms with Crippen molar-refractivity contribution in [2.75, 3.05) is 13.2 Å². The van der Waals surface area contributed by atoms with Crippen molar-refractivity contribution in [3.05, 3.63) is 54.1 Å². The number of hydrogen-bond donors (Lipinski definition) is 0. The first-order valence-electron chi connectivity index (χ1n) is 7.72. The Balaban J connectivity index is 2.14. The highest BCUT2D eigenvalue weighted by atomic mass is 16.5. The van der Waals surface area contributed by atoms with Crippen LogP contribution in [0.3, 0.4) is 0 Å². The number of aliphatic carboxylic acids is 1. The van der Waals surface area contributed by atoms with Gasteiger partial charge in [-0.1, -0.05) is 30.3 Å². The van der Waals surface area contributed by atoms with E-state index in [0.29, 0.717) is 22.5 Å². The molecule has 0 amide bonds. The van der Waals surface area contributed by atoms with Crippen LogP contribution in [-0.4, -0.2) is 25.2 Å². The Labute approximate surface area is 143 Å². The molecule has 1 heterocycles. The van der Waals surface area contributed by atoms with Gasteiger partial charge in [0.2, 0.25) is 0 Å². The van der Waals surface area contributed by atoms with Gasteiger partial charge in [0.15, 0.2) is 0 Å². The van der Waals surface area contributed by atoms with E-state index in [1.807, 2.05) is 30.3 Å². The van der Waals surface area contributed by atoms with Gasteiger partial charge in [-0.25, -0.2) is 4.79 Å². The van der Waals surface area contributed by atoms with Crippen molar-refractivity contribution in [1.29, 1.82) is 0 Å². The van der Waals surface area contributed by atoms with Gasteiger partial charge < -0.3 is 23.8 Å². The van der Waals surface area contributed by atoms with Crippen LogP contribution in [0, 0.1) is 0 Å². The minimum atomic E-state index is -1.33. The van der Waals surface area contributed by atoms with E-state index < -0.39 is 18.5 Å². The SMILES string of the molecule is CCOC(=O)c1c(-c2ccccc2)oc2ccc(OCC(=O)[O-])cc12. The van der Waals surface area contributed by atoms with Crippen LogP contribution < -0.4 is 9.84 Å². The van der Waals surface area contributed by atoms with Crippen LogP contribution in [0.25, 0.3) is 22.3 Å². The minimum absolute atomic E-state index is 0.223. The number of esters is 1. The highest BCUT2D eigenvalue weighted by Crippen LogP contribution is 2.36. The summed E-state index contributed by atoms with van der Waals surface area (Å²) in [6.07, 6.45) is 0. The molecule has 0 N–H and O–H groups in total. The van der Waals surface area contributed by atoms with Crippen LogP contribution in [0.1, 0.15) is 17.3 Å². The summed E-state index contributed by atoms with van der Waals surface area (Å²) in [4.78, 5) is 23.0. The molecule has 0 spiro atoms. The molecule has 0 aliphatic heterocycles. The number of carboxylic acid groups (broad SMARTS) is 1. The molecule has 3 rings (SSSR count). The monoisotopic (exact) mass is 339 g/mol. The van der Waals surface area contributed by atoms with Crippen LogP contribution in [0.5, 0.6) is 5.75 Å². The van der Waals surface area contributed by atoms with E-state index >= 15 is 0 Å². The summed E-state index contributed by atoms with van der Waals surface area (Å²) in [5, 5.41) is 11.1. The number of rotatable bonds is 6. The molecule has 0 radical (unpaired) electrons. The molecule has 0 aliphatic rings. The van der Waals surface area contributed by atoms with Crippen molar-refractivity contribution in [2.45, 2.75) is 6.92 Å². The van der Waals surface area contributed by atoms with Crippen molar-refractivity contribution in [3.8, 4) is 17.1 Å². The van der Waals surface area contributed by atoms with Crippen molar-refractivity contribution in [2.24, 2.45) is 0 Å². The number of hydrogen-bond acceptors (Lipinski definition) is 6. The average molecular weight is 339 g/mol. The lowest BCUT2D eigenvalue weighted by atomic mass is 10.1. The number of benzene rings is 2. The molecule has 25 heavy (non-hydrogen) atoms. The van der Waals surface area contributed by atoms with Gasteiger partial charge >= 0.3 is 5.97 Å². The lowest BCUT2D eigenvalue weighted by Gasteiger charge is -2.07. The summed E-state index contributed by atoms with van der Waals surface area (Å²) in [7, 11) is 0. The highest BCUT2D eigenvalue weighted by molar-refractivity contribution is 6.09. The van der Waals surface area contributed by atoms with Gasteiger partial charge in [-0.2, -0.15) is 0 Å². The first-order chi connectivity index (χ1) is 12.1. The van der Waals surface area contributed by atoms with Gasteiger partial charge in [0.05, 0.1) is 12.6 Å². The second-order valence-corrected chi connectivity index (χ2v) is 5.21. The predicted molar refractivity (Wildman–Crippen MR) is 88.1 cm³/mol. The van der Waals surface area contributed by atoms with E-state index in [1.54, 1.807) is 25.1 Å². The quantitative estimate of drug-likeness (QED) is 0.641. The molecule has 0 unspecified atom stereocenters. The van der Waals surface area contributed by atoms with Gasteiger partial charge in [0.25, 0.3) is 0 Å². The molecule has 0 saturated heterocycles. The Bertz CT molecular complexity index is 910. The van der Waals surface area contributed by atoms with E-state index in [1.165, 1.54) is 0 Å². The molecule has 6 nitrogen and oxygen atoms in total. The van der Waals surface area contributed by atoms with E-state index in [-0.39, 0.29) is 12.2 Å². The van der Waals surface area contributed by atoms with Crippen molar-refractivity contribution in [1.82, 2.24) is 0 Å². The zero-order valence-electron chi connectivity index (χ0n) is 13.5. The molecule has 1 aromatic heterocycles. The van der Waals surface area contributed by atoms with Crippen LogP contribution in [-0.2, 0) is 9.53 Å². The lowest BCUT2D eigenvalue weighted by molar-refractivity contribution is -0.307. The summed E-state index contributed by atoms with van der Waals surface area (Å²) in [6, 6.07) is 13.9. The van der Waals surface area contributed by atoms with Gasteiger partial charge in [0.1, 0.15) is 29.3 Å². The van der Waals surface area contributed by atoms with E-state index in [9.17, 15) is 14.7 Å². The summed E-state index contributed by atoms with van der Waals surface area (Å²) in [5.74, 6) is -1.16. The van der Waals surface area contributed by atoms with Gasteiger partial charge in [-0.05, 0) is 25.1 Å². The van der Waals surface area contributed by atoms with E-state index in [2.05, 4.69) is 0 Å². The van der Waals surface area contributed by atoms with Gasteiger partial charge in [-0.15, -0.1) is 0 Å². The Morgan fingerprint density at radius 1 is 1.12 bits per heavy atom. The normalized spacial score (nSPS) is 10.6. The standard InChI is InChI=1S/C19H16O6/c1-2-23-19(22)17-14-10-13(24-11-16(20)21)8-9-15(14)25-18(17)12-6-4-3-5-7-12/h3-10H,2,11H2,1H3,(H,20,21)/p-1. The molecule has 0 atom stereocenters. The fraction of sp³-hybridized carbons (Fsp3) is 0.158. The third kappa shape index (κ3) is 3.47. The minimum Gasteiger partial charge on any atom is -0.546 e. The number of furan rings is 1. The van der Waals surface area contributed by atoms with Crippen molar-refractivity contribution in [3.63, 3.8) is 0 Å².